The van der Waals surface area contributed by atoms with E-state index in [9.17, 15) is 10.1 Å². The Balaban J connectivity index is 1.60. The minimum absolute atomic E-state index is 0.0909. The molecule has 1 saturated heterocycles. The van der Waals surface area contributed by atoms with E-state index in [2.05, 4.69) is 15.6 Å². The molecule has 1 aliphatic rings. The minimum atomic E-state index is -0.396. The van der Waals surface area contributed by atoms with Crippen molar-refractivity contribution in [3.63, 3.8) is 0 Å². The Hall–Kier alpha value is -2.93. The van der Waals surface area contributed by atoms with Crippen LogP contribution in [0.15, 0.2) is 59.6 Å². The molecule has 1 heterocycles. The number of benzene rings is 2. The van der Waals surface area contributed by atoms with Gasteiger partial charge in [-0.05, 0) is 24.0 Å². The molecule has 2 aromatic carbocycles. The zero-order chi connectivity index (χ0) is 18.9. The molecular formula is C20H24N4O3. The summed E-state index contributed by atoms with van der Waals surface area (Å²) in [6, 6.07) is 16.6. The third-order valence-corrected chi connectivity index (χ3v) is 4.39. The summed E-state index contributed by atoms with van der Waals surface area (Å²) >= 11 is 0. The number of nitro groups is 1. The lowest BCUT2D eigenvalue weighted by atomic mass is 10.2. The largest absolute Gasteiger partial charge is 0.376 e. The molecule has 7 heteroatoms. The minimum Gasteiger partial charge on any atom is -0.376 e. The summed E-state index contributed by atoms with van der Waals surface area (Å²) in [4.78, 5) is 15.0. The standard InChI is InChI=1S/C20H24N4O3/c25-24(26)18-10-8-17(9-11-18)14-22-20(23-15-19-7-4-12-27-19)21-13-16-5-2-1-3-6-16/h1-3,5-6,8-11,19H,4,7,12-15H2,(H2,21,22,23). The number of nitrogens with one attached hydrogen (secondary N) is 2. The SMILES string of the molecule is O=[N+]([O-])c1ccc(CNC(=NCc2ccccc2)NCC2CCCO2)cc1. The molecule has 1 aliphatic heterocycles. The van der Waals surface area contributed by atoms with E-state index in [0.717, 1.165) is 30.6 Å². The summed E-state index contributed by atoms with van der Waals surface area (Å²) in [7, 11) is 0. The van der Waals surface area contributed by atoms with Crippen LogP contribution in [0.1, 0.15) is 24.0 Å². The molecular weight excluding hydrogens is 344 g/mol. The molecule has 0 saturated carbocycles. The fourth-order valence-electron chi connectivity index (χ4n) is 2.87. The molecule has 1 unspecified atom stereocenters. The summed E-state index contributed by atoms with van der Waals surface area (Å²) in [5.74, 6) is 0.702. The molecule has 0 bridgehead atoms. The molecule has 1 fully saturated rings. The van der Waals surface area contributed by atoms with Crippen molar-refractivity contribution in [2.45, 2.75) is 32.0 Å². The number of non-ortho nitro benzene ring substituents is 1. The van der Waals surface area contributed by atoms with Crippen molar-refractivity contribution in [3.8, 4) is 0 Å². The fourth-order valence-corrected chi connectivity index (χ4v) is 2.87. The molecule has 0 aliphatic carbocycles. The number of guanidine groups is 1. The predicted molar refractivity (Wildman–Crippen MR) is 104 cm³/mol. The van der Waals surface area contributed by atoms with E-state index in [1.807, 2.05) is 30.3 Å². The van der Waals surface area contributed by atoms with Gasteiger partial charge in [-0.3, -0.25) is 10.1 Å². The van der Waals surface area contributed by atoms with Gasteiger partial charge in [-0.15, -0.1) is 0 Å². The number of nitro benzene ring substituents is 1. The number of nitrogens with zero attached hydrogens (tertiary/aromatic N) is 2. The summed E-state index contributed by atoms with van der Waals surface area (Å²) in [6.45, 7) is 2.63. The normalized spacial score (nSPS) is 16.9. The topological polar surface area (TPSA) is 88.8 Å². The van der Waals surface area contributed by atoms with E-state index in [-0.39, 0.29) is 11.8 Å². The summed E-state index contributed by atoms with van der Waals surface area (Å²) in [5, 5.41) is 17.4. The van der Waals surface area contributed by atoms with E-state index < -0.39 is 4.92 Å². The lowest BCUT2D eigenvalue weighted by Gasteiger charge is -2.16. The van der Waals surface area contributed by atoms with Gasteiger partial charge in [0.05, 0.1) is 17.6 Å². The maximum atomic E-state index is 10.8. The van der Waals surface area contributed by atoms with Crippen LogP contribution < -0.4 is 10.6 Å². The number of ether oxygens (including phenoxy) is 1. The average molecular weight is 368 g/mol. The molecule has 2 N–H and O–H groups in total. The van der Waals surface area contributed by atoms with Gasteiger partial charge >= 0.3 is 0 Å². The lowest BCUT2D eigenvalue weighted by molar-refractivity contribution is -0.384. The van der Waals surface area contributed by atoms with Gasteiger partial charge in [-0.1, -0.05) is 42.5 Å². The molecule has 1 atom stereocenters. The molecule has 142 valence electrons. The highest BCUT2D eigenvalue weighted by Crippen LogP contribution is 2.12. The third kappa shape index (κ3) is 6.07. The summed E-state index contributed by atoms with van der Waals surface area (Å²) in [6.07, 6.45) is 2.37. The Morgan fingerprint density at radius 2 is 1.89 bits per heavy atom. The zero-order valence-corrected chi connectivity index (χ0v) is 15.1. The van der Waals surface area contributed by atoms with Gasteiger partial charge in [0.25, 0.3) is 5.69 Å². The first kappa shape index (κ1) is 18.8. The van der Waals surface area contributed by atoms with E-state index in [1.54, 1.807) is 12.1 Å². The van der Waals surface area contributed by atoms with Crippen LogP contribution in [0.2, 0.25) is 0 Å². The highest BCUT2D eigenvalue weighted by atomic mass is 16.6. The number of rotatable bonds is 7. The van der Waals surface area contributed by atoms with Gasteiger partial charge in [-0.2, -0.15) is 0 Å². The quantitative estimate of drug-likeness (QED) is 0.339. The van der Waals surface area contributed by atoms with Crippen molar-refractivity contribution in [2.24, 2.45) is 4.99 Å². The highest BCUT2D eigenvalue weighted by molar-refractivity contribution is 5.79. The Morgan fingerprint density at radius 1 is 1.11 bits per heavy atom. The molecule has 7 nitrogen and oxygen atoms in total. The van der Waals surface area contributed by atoms with Crippen LogP contribution in [0.25, 0.3) is 0 Å². The van der Waals surface area contributed by atoms with Crippen molar-refractivity contribution in [2.75, 3.05) is 13.2 Å². The molecule has 3 rings (SSSR count). The molecule has 0 amide bonds. The van der Waals surface area contributed by atoms with E-state index in [1.165, 1.54) is 12.1 Å². The average Bonchev–Trinajstić information content (AvgIpc) is 3.22. The van der Waals surface area contributed by atoms with Crippen LogP contribution in [-0.4, -0.2) is 30.1 Å². The Labute approximate surface area is 158 Å². The van der Waals surface area contributed by atoms with Crippen molar-refractivity contribution in [1.82, 2.24) is 10.6 Å². The van der Waals surface area contributed by atoms with Gasteiger partial charge in [0.1, 0.15) is 0 Å². The van der Waals surface area contributed by atoms with Gasteiger partial charge in [0.15, 0.2) is 5.96 Å². The maximum absolute atomic E-state index is 10.8. The first-order valence-electron chi connectivity index (χ1n) is 9.12. The second kappa shape index (κ2) is 9.68. The lowest BCUT2D eigenvalue weighted by Crippen LogP contribution is -2.40. The second-order valence-corrected chi connectivity index (χ2v) is 6.44. The van der Waals surface area contributed by atoms with Crippen LogP contribution in [0.5, 0.6) is 0 Å². The molecule has 0 radical (unpaired) electrons. The maximum Gasteiger partial charge on any atom is 0.269 e. The Bertz CT molecular complexity index is 757. The van der Waals surface area contributed by atoms with Gasteiger partial charge in [0, 0.05) is 31.8 Å². The molecule has 2 aromatic rings. The Morgan fingerprint density at radius 3 is 2.56 bits per heavy atom. The van der Waals surface area contributed by atoms with Crippen LogP contribution in [0.4, 0.5) is 5.69 Å². The van der Waals surface area contributed by atoms with Crippen molar-refractivity contribution in [3.05, 3.63) is 75.8 Å². The third-order valence-electron chi connectivity index (χ3n) is 4.39. The molecule has 27 heavy (non-hydrogen) atoms. The zero-order valence-electron chi connectivity index (χ0n) is 15.1. The summed E-state index contributed by atoms with van der Waals surface area (Å²) in [5.41, 5.74) is 2.17. The fraction of sp³-hybridized carbons (Fsp3) is 0.350. The van der Waals surface area contributed by atoms with Gasteiger partial charge < -0.3 is 15.4 Å². The first-order valence-corrected chi connectivity index (χ1v) is 9.12. The van der Waals surface area contributed by atoms with Crippen molar-refractivity contribution >= 4 is 11.6 Å². The number of aliphatic imine (C=N–C) groups is 1. The number of hydrogen-bond acceptors (Lipinski definition) is 4. The van der Waals surface area contributed by atoms with Crippen LogP contribution in [-0.2, 0) is 17.8 Å². The molecule has 0 spiro atoms. The van der Waals surface area contributed by atoms with Gasteiger partial charge in [-0.25, -0.2) is 4.99 Å². The first-order chi connectivity index (χ1) is 13.2. The summed E-state index contributed by atoms with van der Waals surface area (Å²) < 4.78 is 5.66. The number of hydrogen-bond donors (Lipinski definition) is 2. The van der Waals surface area contributed by atoms with Crippen molar-refractivity contribution < 1.29 is 9.66 Å². The molecule has 0 aromatic heterocycles. The smallest absolute Gasteiger partial charge is 0.269 e. The van der Waals surface area contributed by atoms with Crippen LogP contribution in [0.3, 0.4) is 0 Å². The Kier molecular flexibility index (Phi) is 6.76. The predicted octanol–water partition coefficient (Wildman–Crippen LogP) is 3.01. The van der Waals surface area contributed by atoms with Crippen LogP contribution >= 0.6 is 0 Å². The van der Waals surface area contributed by atoms with Crippen molar-refractivity contribution in [1.29, 1.82) is 0 Å². The van der Waals surface area contributed by atoms with Crippen LogP contribution in [0, 0.1) is 10.1 Å². The van der Waals surface area contributed by atoms with E-state index in [0.29, 0.717) is 25.6 Å². The monoisotopic (exact) mass is 368 g/mol. The van der Waals surface area contributed by atoms with E-state index >= 15 is 0 Å². The van der Waals surface area contributed by atoms with Gasteiger partial charge in [0.2, 0.25) is 0 Å². The van der Waals surface area contributed by atoms with E-state index in [4.69, 9.17) is 4.74 Å². The highest BCUT2D eigenvalue weighted by Gasteiger charge is 2.15. The second-order valence-electron chi connectivity index (χ2n) is 6.44.